The molecule has 1 amide bonds. The predicted octanol–water partition coefficient (Wildman–Crippen LogP) is 2.73. The van der Waals surface area contributed by atoms with E-state index in [1.807, 2.05) is 26.0 Å². The molecule has 0 saturated heterocycles. The first-order chi connectivity index (χ1) is 9.04. The molecule has 3 nitrogen and oxygen atoms in total. The van der Waals surface area contributed by atoms with E-state index in [4.69, 9.17) is 0 Å². The van der Waals surface area contributed by atoms with Gasteiger partial charge in [-0.15, -0.1) is 0 Å². The van der Waals surface area contributed by atoms with E-state index in [1.54, 1.807) is 0 Å². The van der Waals surface area contributed by atoms with Crippen molar-refractivity contribution >= 4 is 5.91 Å². The first-order valence-electron chi connectivity index (χ1n) is 7.06. The Balaban J connectivity index is 2.15. The zero-order valence-electron chi connectivity index (χ0n) is 11.8. The molecule has 1 aromatic carbocycles. The number of aryl methyl sites for hydroxylation is 2. The largest absolute Gasteiger partial charge is 0.394 e. The van der Waals surface area contributed by atoms with Gasteiger partial charge in [0.2, 0.25) is 0 Å². The van der Waals surface area contributed by atoms with E-state index >= 15 is 0 Å². The molecule has 0 aromatic heterocycles. The van der Waals surface area contributed by atoms with Gasteiger partial charge in [0, 0.05) is 5.56 Å². The van der Waals surface area contributed by atoms with Crippen molar-refractivity contribution in [2.45, 2.75) is 51.5 Å². The number of carbonyl (C=O) groups excluding carboxylic acids is 1. The molecule has 0 heterocycles. The van der Waals surface area contributed by atoms with Crippen molar-refractivity contribution in [3.05, 3.63) is 34.9 Å². The Bertz CT molecular complexity index is 442. The van der Waals surface area contributed by atoms with Crippen molar-refractivity contribution in [1.29, 1.82) is 0 Å². The number of nitrogens with one attached hydrogen (secondary N) is 1. The Kier molecular flexibility index (Phi) is 4.25. The third-order valence-electron chi connectivity index (χ3n) is 3.98. The lowest BCUT2D eigenvalue weighted by Crippen LogP contribution is -2.52. The van der Waals surface area contributed by atoms with Gasteiger partial charge in [-0.25, -0.2) is 0 Å². The molecule has 0 aliphatic heterocycles. The molecule has 1 fully saturated rings. The average molecular weight is 261 g/mol. The van der Waals surface area contributed by atoms with E-state index in [2.05, 4.69) is 11.4 Å². The van der Waals surface area contributed by atoms with Crippen LogP contribution in [0.3, 0.4) is 0 Å². The second kappa shape index (κ2) is 5.74. The average Bonchev–Trinajstić information content (AvgIpc) is 2.38. The molecule has 1 saturated carbocycles. The van der Waals surface area contributed by atoms with Gasteiger partial charge >= 0.3 is 0 Å². The third-order valence-corrected chi connectivity index (χ3v) is 3.98. The van der Waals surface area contributed by atoms with E-state index in [0.717, 1.165) is 36.8 Å². The van der Waals surface area contributed by atoms with Crippen molar-refractivity contribution in [1.82, 2.24) is 5.32 Å². The van der Waals surface area contributed by atoms with Crippen LogP contribution in [0.4, 0.5) is 0 Å². The molecule has 0 bridgehead atoms. The second-order valence-electron chi connectivity index (χ2n) is 5.83. The van der Waals surface area contributed by atoms with Crippen LogP contribution in [0.1, 0.15) is 53.6 Å². The maximum absolute atomic E-state index is 12.4. The number of amides is 1. The highest BCUT2D eigenvalue weighted by Gasteiger charge is 2.33. The van der Waals surface area contributed by atoms with Gasteiger partial charge in [-0.3, -0.25) is 4.79 Å². The van der Waals surface area contributed by atoms with Gasteiger partial charge < -0.3 is 10.4 Å². The molecule has 3 heteroatoms. The quantitative estimate of drug-likeness (QED) is 0.879. The number of hydrogen-bond donors (Lipinski definition) is 2. The number of aliphatic hydroxyl groups is 1. The number of aliphatic hydroxyl groups excluding tert-OH is 1. The van der Waals surface area contributed by atoms with Crippen LogP contribution in [0.5, 0.6) is 0 Å². The Hall–Kier alpha value is -1.35. The van der Waals surface area contributed by atoms with Crippen LogP contribution in [0.25, 0.3) is 0 Å². The lowest BCUT2D eigenvalue weighted by Gasteiger charge is -2.36. The number of benzene rings is 1. The smallest absolute Gasteiger partial charge is 0.251 e. The zero-order chi connectivity index (χ0) is 13.9. The molecule has 2 rings (SSSR count). The molecule has 2 N–H and O–H groups in total. The fourth-order valence-electron chi connectivity index (χ4n) is 2.97. The molecular formula is C16H23NO2. The van der Waals surface area contributed by atoms with Crippen LogP contribution in [0.2, 0.25) is 0 Å². The fraction of sp³-hybridized carbons (Fsp3) is 0.562. The minimum atomic E-state index is -0.410. The maximum atomic E-state index is 12.4. The number of rotatable bonds is 3. The van der Waals surface area contributed by atoms with E-state index in [0.29, 0.717) is 5.56 Å². The van der Waals surface area contributed by atoms with Crippen LogP contribution in [0, 0.1) is 13.8 Å². The zero-order valence-corrected chi connectivity index (χ0v) is 11.8. The second-order valence-corrected chi connectivity index (χ2v) is 5.83. The van der Waals surface area contributed by atoms with Gasteiger partial charge in [-0.1, -0.05) is 36.5 Å². The van der Waals surface area contributed by atoms with Crippen molar-refractivity contribution in [2.75, 3.05) is 6.61 Å². The maximum Gasteiger partial charge on any atom is 0.251 e. The summed E-state index contributed by atoms with van der Waals surface area (Å²) in [5, 5.41) is 12.7. The highest BCUT2D eigenvalue weighted by molar-refractivity contribution is 5.95. The summed E-state index contributed by atoms with van der Waals surface area (Å²) in [5.41, 5.74) is 2.46. The molecule has 0 unspecified atom stereocenters. The summed E-state index contributed by atoms with van der Waals surface area (Å²) in [6.07, 6.45) is 5.10. The Morgan fingerprint density at radius 1 is 1.16 bits per heavy atom. The van der Waals surface area contributed by atoms with Crippen LogP contribution >= 0.6 is 0 Å². The summed E-state index contributed by atoms with van der Waals surface area (Å²) in [4.78, 5) is 12.4. The minimum Gasteiger partial charge on any atom is -0.394 e. The molecule has 0 radical (unpaired) electrons. The van der Waals surface area contributed by atoms with Gasteiger partial charge in [0.15, 0.2) is 0 Å². The third kappa shape index (κ3) is 3.35. The predicted molar refractivity (Wildman–Crippen MR) is 76.3 cm³/mol. The molecule has 1 aromatic rings. The molecule has 104 valence electrons. The highest BCUT2D eigenvalue weighted by atomic mass is 16.3. The Morgan fingerprint density at radius 3 is 2.26 bits per heavy atom. The van der Waals surface area contributed by atoms with Crippen LogP contribution in [-0.2, 0) is 0 Å². The number of hydrogen-bond acceptors (Lipinski definition) is 2. The molecule has 0 spiro atoms. The molecule has 0 atom stereocenters. The summed E-state index contributed by atoms with van der Waals surface area (Å²) in [6.45, 7) is 4.02. The highest BCUT2D eigenvalue weighted by Crippen LogP contribution is 2.28. The summed E-state index contributed by atoms with van der Waals surface area (Å²) in [5.74, 6) is -0.0669. The lowest BCUT2D eigenvalue weighted by molar-refractivity contribution is 0.0758. The van der Waals surface area contributed by atoms with Crippen LogP contribution in [-0.4, -0.2) is 23.2 Å². The normalized spacial score (nSPS) is 18.1. The van der Waals surface area contributed by atoms with E-state index in [-0.39, 0.29) is 12.5 Å². The summed E-state index contributed by atoms with van der Waals surface area (Å²) in [7, 11) is 0. The summed E-state index contributed by atoms with van der Waals surface area (Å²) >= 11 is 0. The van der Waals surface area contributed by atoms with Crippen molar-refractivity contribution in [2.24, 2.45) is 0 Å². The van der Waals surface area contributed by atoms with E-state index in [1.165, 1.54) is 6.42 Å². The molecular weight excluding hydrogens is 238 g/mol. The first kappa shape index (κ1) is 14.1. The van der Waals surface area contributed by atoms with Crippen molar-refractivity contribution in [3.8, 4) is 0 Å². The van der Waals surface area contributed by atoms with Gasteiger partial charge in [0.1, 0.15) is 0 Å². The van der Waals surface area contributed by atoms with E-state index in [9.17, 15) is 9.90 Å². The fourth-order valence-corrected chi connectivity index (χ4v) is 2.97. The Labute approximate surface area is 115 Å². The molecule has 1 aliphatic carbocycles. The van der Waals surface area contributed by atoms with Gasteiger partial charge in [-0.05, 0) is 38.8 Å². The molecule has 1 aliphatic rings. The van der Waals surface area contributed by atoms with Gasteiger partial charge in [0.05, 0.1) is 12.1 Å². The van der Waals surface area contributed by atoms with Crippen molar-refractivity contribution in [3.63, 3.8) is 0 Å². The van der Waals surface area contributed by atoms with E-state index < -0.39 is 5.54 Å². The molecule has 19 heavy (non-hydrogen) atoms. The lowest BCUT2D eigenvalue weighted by atomic mass is 9.82. The van der Waals surface area contributed by atoms with Crippen LogP contribution < -0.4 is 5.32 Å². The summed E-state index contributed by atoms with van der Waals surface area (Å²) in [6, 6.07) is 5.85. The van der Waals surface area contributed by atoms with Gasteiger partial charge in [0.25, 0.3) is 5.91 Å². The Morgan fingerprint density at radius 2 is 1.74 bits per heavy atom. The number of carbonyl (C=O) groups is 1. The monoisotopic (exact) mass is 261 g/mol. The van der Waals surface area contributed by atoms with Crippen molar-refractivity contribution < 1.29 is 9.90 Å². The van der Waals surface area contributed by atoms with Crippen LogP contribution in [0.15, 0.2) is 18.2 Å². The minimum absolute atomic E-state index is 0.0313. The summed E-state index contributed by atoms with van der Waals surface area (Å²) < 4.78 is 0. The standard InChI is InChI=1S/C16H23NO2/c1-12-8-13(2)10-14(9-12)15(19)17-16(11-18)6-4-3-5-7-16/h8-10,18H,3-7,11H2,1-2H3,(H,17,19). The van der Waals surface area contributed by atoms with Gasteiger partial charge in [-0.2, -0.15) is 0 Å². The first-order valence-corrected chi connectivity index (χ1v) is 7.06. The SMILES string of the molecule is Cc1cc(C)cc(C(=O)NC2(CO)CCCCC2)c1. The topological polar surface area (TPSA) is 49.3 Å².